The lowest BCUT2D eigenvalue weighted by Crippen LogP contribution is -2.51. The topological polar surface area (TPSA) is 35.5 Å². The maximum Gasteiger partial charge on any atom is 0.0611 e. The normalized spacial score (nSPS) is 19.1. The number of aliphatic hydroxyl groups excluding tert-OH is 1. The minimum atomic E-state index is -0.183. The number of benzene rings is 1. The van der Waals surface area contributed by atoms with Crippen LogP contribution in [0.25, 0.3) is 0 Å². The third kappa shape index (κ3) is 4.45. The predicted molar refractivity (Wildman–Crippen MR) is 89.9 cm³/mol. The zero-order chi connectivity index (χ0) is 15.5. The molecule has 1 aromatic carbocycles. The first kappa shape index (κ1) is 16.3. The molecular weight excluding hydrogens is 260 g/mol. The van der Waals surface area contributed by atoms with Gasteiger partial charge in [0, 0.05) is 29.9 Å². The summed E-state index contributed by atoms with van der Waals surface area (Å²) < 4.78 is 0. The minimum Gasteiger partial charge on any atom is -0.394 e. The predicted octanol–water partition coefficient (Wildman–Crippen LogP) is 3.10. The van der Waals surface area contributed by atoms with Crippen molar-refractivity contribution in [1.29, 1.82) is 0 Å². The number of hydrogen-bond donors (Lipinski definition) is 2. The molecule has 0 amide bonds. The number of hydrogen-bond acceptors (Lipinski definition) is 3. The second kappa shape index (κ2) is 6.80. The number of nitrogens with one attached hydrogen (secondary N) is 1. The summed E-state index contributed by atoms with van der Waals surface area (Å²) >= 11 is 0. The van der Waals surface area contributed by atoms with Crippen LogP contribution in [0.1, 0.15) is 45.6 Å². The molecule has 1 aliphatic rings. The van der Waals surface area contributed by atoms with Crippen molar-refractivity contribution in [2.75, 3.05) is 18.1 Å². The Labute approximate surface area is 129 Å². The van der Waals surface area contributed by atoms with Crippen molar-refractivity contribution in [3.63, 3.8) is 0 Å². The molecule has 0 aromatic heterocycles. The molecule has 21 heavy (non-hydrogen) atoms. The molecule has 0 saturated heterocycles. The Balaban J connectivity index is 2.06. The van der Waals surface area contributed by atoms with Gasteiger partial charge in [-0.3, -0.25) is 0 Å². The van der Waals surface area contributed by atoms with Gasteiger partial charge in [-0.15, -0.1) is 0 Å². The van der Waals surface area contributed by atoms with Gasteiger partial charge in [0.1, 0.15) is 0 Å². The van der Waals surface area contributed by atoms with E-state index < -0.39 is 0 Å². The van der Waals surface area contributed by atoms with Gasteiger partial charge in [-0.05, 0) is 64.7 Å². The van der Waals surface area contributed by atoms with E-state index in [2.05, 4.69) is 62.2 Å². The SMILES string of the molecule is CCN(c1cccc(C)c1)C(C)CC(C)(CO)NC1CC1. The molecule has 2 unspecified atom stereocenters. The van der Waals surface area contributed by atoms with E-state index >= 15 is 0 Å². The molecule has 3 heteroatoms. The lowest BCUT2D eigenvalue weighted by atomic mass is 9.93. The van der Waals surface area contributed by atoms with Crippen molar-refractivity contribution in [2.24, 2.45) is 0 Å². The first-order chi connectivity index (χ1) is 9.97. The number of aryl methyl sites for hydroxylation is 1. The van der Waals surface area contributed by atoms with Crippen molar-refractivity contribution in [2.45, 2.75) is 64.6 Å². The maximum atomic E-state index is 9.80. The highest BCUT2D eigenvalue weighted by Gasteiger charge is 2.34. The number of nitrogens with zero attached hydrogens (tertiary/aromatic N) is 1. The van der Waals surface area contributed by atoms with Crippen LogP contribution in [0.2, 0.25) is 0 Å². The maximum absolute atomic E-state index is 9.80. The second-order valence-electron chi connectivity index (χ2n) is 6.82. The fourth-order valence-electron chi connectivity index (χ4n) is 3.21. The molecule has 2 atom stereocenters. The summed E-state index contributed by atoms with van der Waals surface area (Å²) in [5.74, 6) is 0. The van der Waals surface area contributed by atoms with Crippen LogP contribution in [0.5, 0.6) is 0 Å². The Morgan fingerprint density at radius 2 is 2.14 bits per heavy atom. The first-order valence-electron chi connectivity index (χ1n) is 8.19. The molecule has 3 nitrogen and oxygen atoms in total. The van der Waals surface area contributed by atoms with Crippen LogP contribution >= 0.6 is 0 Å². The summed E-state index contributed by atoms with van der Waals surface area (Å²) in [6, 6.07) is 9.67. The Morgan fingerprint density at radius 3 is 2.67 bits per heavy atom. The van der Waals surface area contributed by atoms with E-state index in [9.17, 15) is 5.11 Å². The van der Waals surface area contributed by atoms with Crippen molar-refractivity contribution in [1.82, 2.24) is 5.32 Å². The molecule has 118 valence electrons. The standard InChI is InChI=1S/C18H30N2O/c1-5-20(17-8-6-7-14(2)11-17)15(3)12-18(4,13-21)19-16-9-10-16/h6-8,11,15-16,19,21H,5,9-10,12-13H2,1-4H3. The van der Waals surface area contributed by atoms with Crippen LogP contribution in [0, 0.1) is 6.92 Å². The van der Waals surface area contributed by atoms with Crippen molar-refractivity contribution >= 4 is 5.69 Å². The smallest absolute Gasteiger partial charge is 0.0611 e. The van der Waals surface area contributed by atoms with Gasteiger partial charge < -0.3 is 15.3 Å². The zero-order valence-corrected chi connectivity index (χ0v) is 13.9. The molecule has 0 heterocycles. The number of anilines is 1. The van der Waals surface area contributed by atoms with E-state index in [1.54, 1.807) is 0 Å². The average Bonchev–Trinajstić information content (AvgIpc) is 3.23. The van der Waals surface area contributed by atoms with E-state index in [0.29, 0.717) is 12.1 Å². The summed E-state index contributed by atoms with van der Waals surface area (Å²) in [4.78, 5) is 2.43. The van der Waals surface area contributed by atoms with Crippen LogP contribution in [0.15, 0.2) is 24.3 Å². The molecule has 2 rings (SSSR count). The van der Waals surface area contributed by atoms with Gasteiger partial charge in [-0.25, -0.2) is 0 Å². The molecule has 1 aliphatic carbocycles. The highest BCUT2D eigenvalue weighted by Crippen LogP contribution is 2.27. The van der Waals surface area contributed by atoms with Crippen LogP contribution in [-0.4, -0.2) is 35.9 Å². The number of rotatable bonds is 8. The van der Waals surface area contributed by atoms with Crippen LogP contribution in [-0.2, 0) is 0 Å². The van der Waals surface area contributed by atoms with Crippen LogP contribution in [0.3, 0.4) is 0 Å². The Kier molecular flexibility index (Phi) is 5.28. The van der Waals surface area contributed by atoms with Crippen molar-refractivity contribution < 1.29 is 5.11 Å². The molecule has 0 aliphatic heterocycles. The third-order valence-electron chi connectivity index (χ3n) is 4.43. The molecule has 0 bridgehead atoms. The second-order valence-corrected chi connectivity index (χ2v) is 6.82. The van der Waals surface area contributed by atoms with E-state index in [4.69, 9.17) is 0 Å². The monoisotopic (exact) mass is 290 g/mol. The van der Waals surface area contributed by atoms with E-state index in [1.165, 1.54) is 24.1 Å². The van der Waals surface area contributed by atoms with Crippen LogP contribution < -0.4 is 10.2 Å². The van der Waals surface area contributed by atoms with Crippen molar-refractivity contribution in [3.05, 3.63) is 29.8 Å². The lowest BCUT2D eigenvalue weighted by Gasteiger charge is -2.38. The van der Waals surface area contributed by atoms with Gasteiger partial charge in [-0.2, -0.15) is 0 Å². The van der Waals surface area contributed by atoms with Gasteiger partial charge in [-0.1, -0.05) is 12.1 Å². The fraction of sp³-hybridized carbons (Fsp3) is 0.667. The highest BCUT2D eigenvalue weighted by molar-refractivity contribution is 5.49. The largest absolute Gasteiger partial charge is 0.394 e. The molecular formula is C18H30N2O. The van der Waals surface area contributed by atoms with Gasteiger partial charge in [0.25, 0.3) is 0 Å². The molecule has 1 fully saturated rings. The summed E-state index contributed by atoms with van der Waals surface area (Å²) in [7, 11) is 0. The third-order valence-corrected chi connectivity index (χ3v) is 4.43. The summed E-state index contributed by atoms with van der Waals surface area (Å²) in [6.07, 6.45) is 3.44. The minimum absolute atomic E-state index is 0.183. The van der Waals surface area contributed by atoms with Gasteiger partial charge in [0.05, 0.1) is 6.61 Å². The summed E-state index contributed by atoms with van der Waals surface area (Å²) in [6.45, 7) is 9.91. The van der Waals surface area contributed by atoms with Crippen LogP contribution in [0.4, 0.5) is 5.69 Å². The van der Waals surface area contributed by atoms with E-state index in [-0.39, 0.29) is 12.1 Å². The van der Waals surface area contributed by atoms with E-state index in [0.717, 1.165) is 13.0 Å². The highest BCUT2D eigenvalue weighted by atomic mass is 16.3. The molecule has 0 spiro atoms. The summed E-state index contributed by atoms with van der Waals surface area (Å²) in [5, 5.41) is 13.4. The fourth-order valence-corrected chi connectivity index (χ4v) is 3.21. The zero-order valence-electron chi connectivity index (χ0n) is 13.9. The first-order valence-corrected chi connectivity index (χ1v) is 8.19. The molecule has 1 saturated carbocycles. The van der Waals surface area contributed by atoms with Gasteiger partial charge >= 0.3 is 0 Å². The van der Waals surface area contributed by atoms with Crippen molar-refractivity contribution in [3.8, 4) is 0 Å². The Morgan fingerprint density at radius 1 is 1.43 bits per heavy atom. The Bertz CT molecular complexity index is 458. The van der Waals surface area contributed by atoms with E-state index in [1.807, 2.05) is 0 Å². The molecule has 1 aromatic rings. The molecule has 0 radical (unpaired) electrons. The Hall–Kier alpha value is -1.06. The lowest BCUT2D eigenvalue weighted by molar-refractivity contribution is 0.157. The molecule has 2 N–H and O–H groups in total. The average molecular weight is 290 g/mol. The van der Waals surface area contributed by atoms with Gasteiger partial charge in [0.2, 0.25) is 0 Å². The quantitative estimate of drug-likeness (QED) is 0.772. The summed E-state index contributed by atoms with van der Waals surface area (Å²) in [5.41, 5.74) is 2.38. The van der Waals surface area contributed by atoms with Gasteiger partial charge in [0.15, 0.2) is 0 Å². The number of aliphatic hydroxyl groups is 1.